The maximum absolute atomic E-state index is 12.5. The number of hydrogen-bond donors (Lipinski definition) is 0. The molecule has 3 rings (SSSR count). The molecule has 0 heterocycles. The molecule has 0 saturated heterocycles. The summed E-state index contributed by atoms with van der Waals surface area (Å²) in [6.45, 7) is 6.90. The monoisotopic (exact) mass is 340 g/mol. The molecule has 0 aromatic heterocycles. The molecule has 0 radical (unpaired) electrons. The summed E-state index contributed by atoms with van der Waals surface area (Å²) in [4.78, 5) is 12.5. The van der Waals surface area contributed by atoms with E-state index in [-0.39, 0.29) is 17.5 Å². The van der Waals surface area contributed by atoms with Crippen molar-refractivity contribution in [3.05, 3.63) is 48.0 Å². The van der Waals surface area contributed by atoms with E-state index in [0.29, 0.717) is 24.2 Å². The molecule has 1 aromatic rings. The molecule has 2 aliphatic carbocycles. The van der Waals surface area contributed by atoms with Gasteiger partial charge >= 0.3 is 5.97 Å². The van der Waals surface area contributed by atoms with Gasteiger partial charge in [-0.05, 0) is 48.5 Å². The summed E-state index contributed by atoms with van der Waals surface area (Å²) in [7, 11) is 0. The van der Waals surface area contributed by atoms with Gasteiger partial charge in [0.25, 0.3) is 0 Å². The van der Waals surface area contributed by atoms with E-state index < -0.39 is 0 Å². The number of esters is 1. The van der Waals surface area contributed by atoms with Crippen molar-refractivity contribution in [2.24, 2.45) is 17.8 Å². The number of rotatable bonds is 5. The van der Waals surface area contributed by atoms with Crippen LogP contribution < -0.4 is 0 Å². The first kappa shape index (κ1) is 18.2. The first-order chi connectivity index (χ1) is 12.0. The molecular weight excluding hydrogens is 308 g/mol. The molecule has 0 spiro atoms. The minimum Gasteiger partial charge on any atom is -0.462 e. The van der Waals surface area contributed by atoms with E-state index in [1.54, 1.807) is 0 Å². The smallest absolute Gasteiger partial charge is 0.306 e. The van der Waals surface area contributed by atoms with Crippen molar-refractivity contribution in [1.29, 1.82) is 0 Å². The number of carbonyl (C=O) groups is 1. The summed E-state index contributed by atoms with van der Waals surface area (Å²) in [5, 5.41) is 0. The van der Waals surface area contributed by atoms with Gasteiger partial charge in [0.15, 0.2) is 0 Å². The van der Waals surface area contributed by atoms with Crippen LogP contribution >= 0.6 is 0 Å². The molecule has 0 aliphatic heterocycles. The Morgan fingerprint density at radius 2 is 1.92 bits per heavy atom. The van der Waals surface area contributed by atoms with Crippen LogP contribution in [0.15, 0.2) is 42.5 Å². The maximum Gasteiger partial charge on any atom is 0.306 e. The molecule has 2 heteroatoms. The van der Waals surface area contributed by atoms with Crippen LogP contribution in [-0.2, 0) is 14.9 Å². The fourth-order valence-electron chi connectivity index (χ4n) is 4.66. The Labute approximate surface area is 152 Å². The van der Waals surface area contributed by atoms with Gasteiger partial charge < -0.3 is 4.74 Å². The van der Waals surface area contributed by atoms with Gasteiger partial charge in [-0.3, -0.25) is 4.79 Å². The van der Waals surface area contributed by atoms with Gasteiger partial charge in [-0.15, -0.1) is 0 Å². The number of ether oxygens (including phenoxy) is 1. The van der Waals surface area contributed by atoms with E-state index >= 15 is 0 Å². The zero-order valence-corrected chi connectivity index (χ0v) is 15.9. The van der Waals surface area contributed by atoms with E-state index in [1.807, 2.05) is 0 Å². The molecular formula is C23H32O2. The average Bonchev–Trinajstić information content (AvgIpc) is 3.08. The topological polar surface area (TPSA) is 26.3 Å². The predicted molar refractivity (Wildman–Crippen MR) is 102 cm³/mol. The van der Waals surface area contributed by atoms with Gasteiger partial charge in [0.2, 0.25) is 0 Å². The third-order valence-electron chi connectivity index (χ3n) is 6.32. The Hall–Kier alpha value is -1.57. The molecule has 1 fully saturated rings. The first-order valence-electron chi connectivity index (χ1n) is 9.88. The van der Waals surface area contributed by atoms with Crippen molar-refractivity contribution < 1.29 is 9.53 Å². The van der Waals surface area contributed by atoms with E-state index in [0.717, 1.165) is 25.7 Å². The van der Waals surface area contributed by atoms with Crippen LogP contribution in [0.5, 0.6) is 0 Å². The lowest BCUT2D eigenvalue weighted by Gasteiger charge is -2.44. The lowest BCUT2D eigenvalue weighted by Crippen LogP contribution is -2.43. The molecule has 136 valence electrons. The molecule has 0 unspecified atom stereocenters. The van der Waals surface area contributed by atoms with Gasteiger partial charge in [-0.1, -0.05) is 69.7 Å². The van der Waals surface area contributed by atoms with Crippen LogP contribution in [0.2, 0.25) is 0 Å². The zero-order valence-electron chi connectivity index (χ0n) is 15.9. The Morgan fingerprint density at radius 1 is 1.16 bits per heavy atom. The maximum atomic E-state index is 12.5. The van der Waals surface area contributed by atoms with Gasteiger partial charge in [-0.2, -0.15) is 0 Å². The second-order valence-electron chi connectivity index (χ2n) is 8.61. The third-order valence-corrected chi connectivity index (χ3v) is 6.32. The van der Waals surface area contributed by atoms with E-state index in [1.165, 1.54) is 12.0 Å². The summed E-state index contributed by atoms with van der Waals surface area (Å²) in [6, 6.07) is 10.7. The second-order valence-corrected chi connectivity index (χ2v) is 8.61. The number of carbonyl (C=O) groups excluding carboxylic acids is 1. The van der Waals surface area contributed by atoms with Gasteiger partial charge in [-0.25, -0.2) is 0 Å². The lowest BCUT2D eigenvalue weighted by molar-refractivity contribution is -0.157. The Morgan fingerprint density at radius 3 is 2.60 bits per heavy atom. The van der Waals surface area contributed by atoms with Gasteiger partial charge in [0.1, 0.15) is 6.10 Å². The fourth-order valence-corrected chi connectivity index (χ4v) is 4.66. The van der Waals surface area contributed by atoms with Crippen LogP contribution in [0.4, 0.5) is 0 Å². The molecule has 0 amide bonds. The molecule has 4 atom stereocenters. The highest BCUT2D eigenvalue weighted by atomic mass is 16.5. The summed E-state index contributed by atoms with van der Waals surface area (Å²) >= 11 is 0. The summed E-state index contributed by atoms with van der Waals surface area (Å²) in [5.74, 6) is 1.39. The molecule has 1 aromatic carbocycles. The normalized spacial score (nSPS) is 29.6. The van der Waals surface area contributed by atoms with Gasteiger partial charge in [0, 0.05) is 5.92 Å². The first-order valence-corrected chi connectivity index (χ1v) is 9.88. The summed E-state index contributed by atoms with van der Waals surface area (Å²) in [6.07, 6.45) is 10.5. The molecule has 2 nitrogen and oxygen atoms in total. The average molecular weight is 341 g/mol. The van der Waals surface area contributed by atoms with Crippen molar-refractivity contribution in [3.63, 3.8) is 0 Å². The Bertz CT molecular complexity index is 602. The SMILES string of the molecule is C[C@@H]1CC[C@@H](C(C)(C)c2ccccc2)[C@H](OC(=O)C[C@H]2C=CCC2)C1. The van der Waals surface area contributed by atoms with Crippen molar-refractivity contribution in [2.75, 3.05) is 0 Å². The highest BCUT2D eigenvalue weighted by molar-refractivity contribution is 5.70. The van der Waals surface area contributed by atoms with Crippen LogP contribution in [0, 0.1) is 17.8 Å². The van der Waals surface area contributed by atoms with E-state index in [9.17, 15) is 4.79 Å². The zero-order chi connectivity index (χ0) is 17.9. The minimum atomic E-state index is -0.00971. The van der Waals surface area contributed by atoms with Crippen molar-refractivity contribution in [2.45, 2.75) is 70.8 Å². The van der Waals surface area contributed by atoms with E-state index in [4.69, 9.17) is 4.74 Å². The van der Waals surface area contributed by atoms with Crippen molar-refractivity contribution in [3.8, 4) is 0 Å². The molecule has 1 saturated carbocycles. The predicted octanol–water partition coefficient (Wildman–Crippen LogP) is 5.67. The lowest BCUT2D eigenvalue weighted by atomic mass is 9.64. The van der Waals surface area contributed by atoms with Crippen LogP contribution in [0.3, 0.4) is 0 Å². The summed E-state index contributed by atoms with van der Waals surface area (Å²) < 4.78 is 6.07. The van der Waals surface area contributed by atoms with E-state index in [2.05, 4.69) is 63.3 Å². The van der Waals surface area contributed by atoms with Crippen LogP contribution in [-0.4, -0.2) is 12.1 Å². The standard InChI is InChI=1S/C23H32O2/c1-17-13-14-20(23(2,3)19-11-5-4-6-12-19)21(15-17)25-22(24)16-18-9-7-8-10-18/h4-7,9,11-12,17-18,20-21H,8,10,13-16H2,1-3H3/t17-,18+,20-,21-/m1/s1. The van der Waals surface area contributed by atoms with Crippen LogP contribution in [0.1, 0.15) is 64.9 Å². The van der Waals surface area contributed by atoms with Gasteiger partial charge in [0.05, 0.1) is 6.42 Å². The van der Waals surface area contributed by atoms with Crippen molar-refractivity contribution in [1.82, 2.24) is 0 Å². The highest BCUT2D eigenvalue weighted by Gasteiger charge is 2.42. The quantitative estimate of drug-likeness (QED) is 0.510. The number of hydrogen-bond acceptors (Lipinski definition) is 2. The Kier molecular flexibility index (Phi) is 5.66. The number of benzene rings is 1. The van der Waals surface area contributed by atoms with Crippen LogP contribution in [0.25, 0.3) is 0 Å². The molecule has 25 heavy (non-hydrogen) atoms. The molecule has 2 aliphatic rings. The largest absolute Gasteiger partial charge is 0.462 e. The fraction of sp³-hybridized carbons (Fsp3) is 0.609. The third kappa shape index (κ3) is 4.34. The highest BCUT2D eigenvalue weighted by Crippen LogP contribution is 2.43. The molecule has 0 bridgehead atoms. The second kappa shape index (κ2) is 7.76. The minimum absolute atomic E-state index is 0.00971. The summed E-state index contributed by atoms with van der Waals surface area (Å²) in [5.41, 5.74) is 1.36. The number of allylic oxidation sites excluding steroid dienone is 2. The van der Waals surface area contributed by atoms with Crippen molar-refractivity contribution >= 4 is 5.97 Å². The Balaban J connectivity index is 1.72. The molecule has 0 N–H and O–H groups in total.